The third kappa shape index (κ3) is 1.04. The van der Waals surface area contributed by atoms with E-state index in [-0.39, 0.29) is 5.56 Å². The molecule has 0 aromatic carbocycles. The molecular weight excluding hydrogens is 200 g/mol. The van der Waals surface area contributed by atoms with Gasteiger partial charge in [0.05, 0.1) is 16.1 Å². The Hall–Kier alpha value is -0.840. The molecule has 0 bridgehead atoms. The van der Waals surface area contributed by atoms with Crippen LogP contribution in [-0.2, 0) is 0 Å². The van der Waals surface area contributed by atoms with Crippen molar-refractivity contribution < 1.29 is 0 Å². The highest BCUT2D eigenvalue weighted by atomic mass is 79.9. The smallest absolute Gasteiger partial charge is 0.313 e. The minimum absolute atomic E-state index is 0.330. The molecule has 5 heteroatoms. The van der Waals surface area contributed by atoms with Gasteiger partial charge in [-0.3, -0.25) is 4.79 Å². The molecule has 4 nitrogen and oxygen atoms in total. The van der Waals surface area contributed by atoms with Crippen LogP contribution < -0.4 is 11.2 Å². The number of aryl methyl sites for hydroxylation is 1. The van der Waals surface area contributed by atoms with E-state index in [0.29, 0.717) is 5.56 Å². The van der Waals surface area contributed by atoms with Crippen LogP contribution in [0, 0.1) is 6.92 Å². The van der Waals surface area contributed by atoms with Gasteiger partial charge in [0, 0.05) is 11.8 Å². The Morgan fingerprint density at radius 2 is 2.20 bits per heavy atom. The number of nitrogens with one attached hydrogen (secondary N) is 1. The van der Waals surface area contributed by atoms with Crippen LogP contribution in [0.25, 0.3) is 0 Å². The predicted molar refractivity (Wildman–Crippen MR) is 40.4 cm³/mol. The monoisotopic (exact) mass is 204 g/mol. The molecule has 0 unspecified atom stereocenters. The average Bonchev–Trinajstić information content (AvgIpc) is 1.93. The lowest BCUT2D eigenvalue weighted by Crippen LogP contribution is -2.29. The number of rotatable bonds is 0. The predicted octanol–water partition coefficient (Wildman–Crippen LogP) is 0.00302. The van der Waals surface area contributed by atoms with Crippen LogP contribution in [0.4, 0.5) is 0 Å². The zero-order valence-corrected chi connectivity index (χ0v) is 6.81. The quantitative estimate of drug-likeness (QED) is 0.648. The summed E-state index contributed by atoms with van der Waals surface area (Å²) in [5.74, 6) is 0. The summed E-state index contributed by atoms with van der Waals surface area (Å²) >= 11 is 2.79. The number of aromatic amines is 1. The Kier molecular flexibility index (Phi) is 1.76. The Morgan fingerprint density at radius 3 is 2.70 bits per heavy atom. The van der Waals surface area contributed by atoms with Crippen molar-refractivity contribution in [1.82, 2.24) is 8.58 Å². The maximum Gasteiger partial charge on any atom is 0.338 e. The van der Waals surface area contributed by atoms with Gasteiger partial charge in [0.2, 0.25) is 0 Å². The van der Waals surface area contributed by atoms with Crippen LogP contribution in [0.2, 0.25) is 0 Å². The second-order valence-electron chi connectivity index (χ2n) is 1.86. The Labute approximate surface area is 64.8 Å². The minimum atomic E-state index is -0.462. The topological polar surface area (TPSA) is 54.9 Å². The van der Waals surface area contributed by atoms with Crippen molar-refractivity contribution >= 4 is 16.1 Å². The first-order valence-corrected chi connectivity index (χ1v) is 3.31. The summed E-state index contributed by atoms with van der Waals surface area (Å²) < 4.78 is 0.850. The lowest BCUT2D eigenvalue weighted by molar-refractivity contribution is 0.969. The van der Waals surface area contributed by atoms with E-state index >= 15 is 0 Å². The van der Waals surface area contributed by atoms with Crippen molar-refractivity contribution in [2.75, 3.05) is 0 Å². The SMILES string of the molecule is Cc1c[nH]c(=O)n(Br)c1=O. The lowest BCUT2D eigenvalue weighted by atomic mass is 10.4. The van der Waals surface area contributed by atoms with E-state index in [1.165, 1.54) is 6.20 Å². The van der Waals surface area contributed by atoms with Crippen LogP contribution >= 0.6 is 16.1 Å². The van der Waals surface area contributed by atoms with E-state index in [0.717, 1.165) is 3.59 Å². The van der Waals surface area contributed by atoms with Crippen molar-refractivity contribution in [2.24, 2.45) is 0 Å². The maximum atomic E-state index is 10.9. The Balaban J connectivity index is 3.66. The van der Waals surface area contributed by atoms with E-state index in [1.807, 2.05) is 0 Å². The third-order valence-electron chi connectivity index (χ3n) is 1.11. The second-order valence-corrected chi connectivity index (χ2v) is 2.57. The molecule has 0 aliphatic carbocycles. The first kappa shape index (κ1) is 7.27. The number of aromatic nitrogens is 2. The van der Waals surface area contributed by atoms with E-state index < -0.39 is 5.69 Å². The normalized spacial score (nSPS) is 9.80. The number of hydrogen-bond acceptors (Lipinski definition) is 2. The molecule has 0 amide bonds. The van der Waals surface area contributed by atoms with E-state index in [1.54, 1.807) is 6.92 Å². The fourth-order valence-electron chi connectivity index (χ4n) is 0.535. The van der Waals surface area contributed by atoms with Gasteiger partial charge in [0.15, 0.2) is 0 Å². The molecule has 1 heterocycles. The van der Waals surface area contributed by atoms with Gasteiger partial charge in [0.1, 0.15) is 0 Å². The summed E-state index contributed by atoms with van der Waals surface area (Å²) in [5.41, 5.74) is -0.296. The maximum absolute atomic E-state index is 10.9. The van der Waals surface area contributed by atoms with Crippen LogP contribution in [0.15, 0.2) is 15.8 Å². The van der Waals surface area contributed by atoms with Crippen LogP contribution in [0.3, 0.4) is 0 Å². The molecule has 1 rings (SSSR count). The number of H-pyrrole nitrogens is 1. The molecule has 0 atom stereocenters. The summed E-state index contributed by atoms with van der Waals surface area (Å²) in [7, 11) is 0. The van der Waals surface area contributed by atoms with Crippen LogP contribution in [0.1, 0.15) is 5.56 Å². The zero-order valence-electron chi connectivity index (χ0n) is 5.22. The van der Waals surface area contributed by atoms with Crippen molar-refractivity contribution in [3.05, 3.63) is 32.6 Å². The third-order valence-corrected chi connectivity index (χ3v) is 1.75. The largest absolute Gasteiger partial charge is 0.338 e. The summed E-state index contributed by atoms with van der Waals surface area (Å²) in [6.45, 7) is 1.62. The van der Waals surface area contributed by atoms with Crippen molar-refractivity contribution in [1.29, 1.82) is 0 Å². The number of halogens is 1. The summed E-state index contributed by atoms with van der Waals surface area (Å²) in [5, 5.41) is 0. The molecular formula is C5H5BrN2O2. The van der Waals surface area contributed by atoms with Gasteiger partial charge in [-0.2, -0.15) is 3.59 Å². The van der Waals surface area contributed by atoms with Crippen molar-refractivity contribution in [3.63, 3.8) is 0 Å². The molecule has 0 saturated carbocycles. The summed E-state index contributed by atoms with van der Waals surface area (Å²) in [6, 6.07) is 0. The summed E-state index contributed by atoms with van der Waals surface area (Å²) in [4.78, 5) is 23.9. The molecule has 0 aliphatic rings. The van der Waals surface area contributed by atoms with Gasteiger partial charge >= 0.3 is 5.69 Å². The van der Waals surface area contributed by atoms with Gasteiger partial charge in [-0.15, -0.1) is 0 Å². The van der Waals surface area contributed by atoms with Crippen molar-refractivity contribution in [3.8, 4) is 0 Å². The van der Waals surface area contributed by atoms with Gasteiger partial charge in [-0.1, -0.05) is 0 Å². The number of nitrogens with zero attached hydrogens (tertiary/aromatic N) is 1. The molecule has 0 saturated heterocycles. The summed E-state index contributed by atoms with van der Waals surface area (Å²) in [6.07, 6.45) is 1.38. The molecule has 0 fully saturated rings. The highest BCUT2D eigenvalue weighted by Crippen LogP contribution is 1.82. The Morgan fingerprint density at radius 1 is 1.60 bits per heavy atom. The molecule has 1 aromatic rings. The molecule has 0 spiro atoms. The number of hydrogen-bond donors (Lipinski definition) is 1. The molecule has 0 aliphatic heterocycles. The first-order valence-electron chi connectivity index (χ1n) is 2.60. The standard InChI is InChI=1S/C5H5BrN2O2/c1-3-2-7-5(10)8(6)4(3)9/h2H,1H3,(H,7,10). The van der Waals surface area contributed by atoms with Gasteiger partial charge in [-0.05, 0) is 6.92 Å². The van der Waals surface area contributed by atoms with E-state index in [4.69, 9.17) is 0 Å². The molecule has 10 heavy (non-hydrogen) atoms. The molecule has 1 N–H and O–H groups in total. The second kappa shape index (κ2) is 2.42. The molecule has 54 valence electrons. The minimum Gasteiger partial charge on any atom is -0.313 e. The van der Waals surface area contributed by atoms with E-state index in [9.17, 15) is 9.59 Å². The molecule has 1 aromatic heterocycles. The average molecular weight is 205 g/mol. The lowest BCUT2D eigenvalue weighted by Gasteiger charge is -1.91. The molecule has 0 radical (unpaired) electrons. The van der Waals surface area contributed by atoms with Gasteiger partial charge < -0.3 is 4.98 Å². The van der Waals surface area contributed by atoms with Gasteiger partial charge in [0.25, 0.3) is 5.56 Å². The van der Waals surface area contributed by atoms with Crippen LogP contribution in [0.5, 0.6) is 0 Å². The highest BCUT2D eigenvalue weighted by Gasteiger charge is 1.97. The fraction of sp³-hybridized carbons (Fsp3) is 0.200. The van der Waals surface area contributed by atoms with Gasteiger partial charge in [-0.25, -0.2) is 4.79 Å². The van der Waals surface area contributed by atoms with Crippen LogP contribution in [-0.4, -0.2) is 8.58 Å². The Bertz CT molecular complexity index is 351. The van der Waals surface area contributed by atoms with E-state index in [2.05, 4.69) is 21.1 Å². The highest BCUT2D eigenvalue weighted by molar-refractivity contribution is 9.08. The fourth-order valence-corrected chi connectivity index (χ4v) is 0.918. The van der Waals surface area contributed by atoms with Crippen molar-refractivity contribution in [2.45, 2.75) is 6.92 Å². The zero-order chi connectivity index (χ0) is 7.72. The first-order chi connectivity index (χ1) is 4.63.